The van der Waals surface area contributed by atoms with E-state index in [1.165, 1.54) is 29.3 Å². The van der Waals surface area contributed by atoms with Crippen LogP contribution in [0.1, 0.15) is 28.8 Å². The van der Waals surface area contributed by atoms with Crippen molar-refractivity contribution in [1.82, 2.24) is 9.88 Å². The molecule has 1 aromatic carbocycles. The molecule has 0 N–H and O–H groups in total. The molecule has 2 aromatic rings. The van der Waals surface area contributed by atoms with Crippen molar-refractivity contribution >= 4 is 5.91 Å². The summed E-state index contributed by atoms with van der Waals surface area (Å²) < 4.78 is 27.5. The summed E-state index contributed by atoms with van der Waals surface area (Å²) in [7, 11) is 0. The van der Waals surface area contributed by atoms with Gasteiger partial charge in [0.1, 0.15) is 11.6 Å². The van der Waals surface area contributed by atoms with E-state index < -0.39 is 11.6 Å². The third kappa shape index (κ3) is 2.91. The van der Waals surface area contributed by atoms with Gasteiger partial charge in [0.25, 0.3) is 5.91 Å². The fourth-order valence-corrected chi connectivity index (χ4v) is 2.26. The molecule has 108 valence electrons. The summed E-state index contributed by atoms with van der Waals surface area (Å²) >= 11 is 0. The predicted octanol–water partition coefficient (Wildman–Crippen LogP) is 3.16. The van der Waals surface area contributed by atoms with Gasteiger partial charge in [-0.2, -0.15) is 0 Å². The molecule has 3 rings (SSSR count). The Morgan fingerprint density at radius 2 is 1.90 bits per heavy atom. The van der Waals surface area contributed by atoms with Gasteiger partial charge in [-0.15, -0.1) is 0 Å². The molecular weight excluding hydrogens is 274 g/mol. The minimum absolute atomic E-state index is 0.0525. The van der Waals surface area contributed by atoms with Gasteiger partial charge >= 0.3 is 0 Å². The van der Waals surface area contributed by atoms with Crippen molar-refractivity contribution in [2.75, 3.05) is 0 Å². The summed E-state index contributed by atoms with van der Waals surface area (Å²) in [4.78, 5) is 17.9. The number of aromatic nitrogens is 1. The van der Waals surface area contributed by atoms with Gasteiger partial charge in [-0.05, 0) is 37.1 Å². The molecule has 5 heteroatoms. The van der Waals surface area contributed by atoms with E-state index in [1.54, 1.807) is 18.3 Å². The summed E-state index contributed by atoms with van der Waals surface area (Å²) in [5.74, 6) is -1.49. The number of carbonyl (C=O) groups excluding carboxylic acids is 1. The molecule has 0 bridgehead atoms. The first-order chi connectivity index (χ1) is 10.2. The maximum absolute atomic E-state index is 13.8. The van der Waals surface area contributed by atoms with E-state index in [1.807, 2.05) is 0 Å². The maximum atomic E-state index is 13.8. The fourth-order valence-electron chi connectivity index (χ4n) is 2.26. The lowest BCUT2D eigenvalue weighted by Gasteiger charge is -2.23. The molecule has 1 heterocycles. The van der Waals surface area contributed by atoms with Crippen LogP contribution in [0.5, 0.6) is 0 Å². The van der Waals surface area contributed by atoms with Gasteiger partial charge in [0, 0.05) is 24.0 Å². The van der Waals surface area contributed by atoms with Gasteiger partial charge in [0.15, 0.2) is 0 Å². The van der Waals surface area contributed by atoms with Gasteiger partial charge in [-0.1, -0.05) is 6.07 Å². The van der Waals surface area contributed by atoms with Crippen LogP contribution in [0.2, 0.25) is 0 Å². The molecule has 3 nitrogen and oxygen atoms in total. The largest absolute Gasteiger partial charge is 0.331 e. The zero-order chi connectivity index (χ0) is 14.8. The third-order valence-electron chi connectivity index (χ3n) is 3.55. The van der Waals surface area contributed by atoms with E-state index in [9.17, 15) is 13.6 Å². The lowest BCUT2D eigenvalue weighted by Crippen LogP contribution is -2.33. The normalized spacial score (nSPS) is 14.0. The summed E-state index contributed by atoms with van der Waals surface area (Å²) in [6, 6.07) is 7.11. The summed E-state index contributed by atoms with van der Waals surface area (Å²) in [6.07, 6.45) is 4.77. The van der Waals surface area contributed by atoms with Gasteiger partial charge in [-0.3, -0.25) is 9.78 Å². The Labute approximate surface area is 121 Å². The van der Waals surface area contributed by atoms with Crippen LogP contribution >= 0.6 is 0 Å². The Kier molecular flexibility index (Phi) is 3.64. The maximum Gasteiger partial charge on any atom is 0.255 e. The zero-order valence-corrected chi connectivity index (χ0v) is 11.3. The molecule has 1 aromatic heterocycles. The molecule has 0 radical (unpaired) electrons. The van der Waals surface area contributed by atoms with E-state index in [0.29, 0.717) is 5.56 Å². The Morgan fingerprint density at radius 3 is 2.48 bits per heavy atom. The van der Waals surface area contributed by atoms with Gasteiger partial charge < -0.3 is 4.90 Å². The number of carbonyl (C=O) groups is 1. The number of halogens is 2. The topological polar surface area (TPSA) is 33.2 Å². The summed E-state index contributed by atoms with van der Waals surface area (Å²) in [5.41, 5.74) is 0.364. The van der Waals surface area contributed by atoms with E-state index in [2.05, 4.69) is 4.98 Å². The Bertz CT molecular complexity index is 636. The smallest absolute Gasteiger partial charge is 0.255 e. The quantitative estimate of drug-likeness (QED) is 0.865. The molecule has 0 saturated heterocycles. The van der Waals surface area contributed by atoms with Gasteiger partial charge in [0.2, 0.25) is 0 Å². The highest BCUT2D eigenvalue weighted by Gasteiger charge is 2.34. The van der Waals surface area contributed by atoms with Crippen LogP contribution in [0, 0.1) is 11.6 Å². The number of amides is 1. The average molecular weight is 288 g/mol. The van der Waals surface area contributed by atoms with Crippen molar-refractivity contribution in [3.05, 3.63) is 65.5 Å². The third-order valence-corrected chi connectivity index (χ3v) is 3.55. The van der Waals surface area contributed by atoms with Crippen molar-refractivity contribution in [3.63, 3.8) is 0 Å². The van der Waals surface area contributed by atoms with E-state index in [0.717, 1.165) is 12.8 Å². The molecular formula is C16H14F2N2O. The van der Waals surface area contributed by atoms with Crippen LogP contribution in [-0.2, 0) is 6.54 Å². The average Bonchev–Trinajstić information content (AvgIpc) is 3.32. The number of rotatable bonds is 4. The highest BCUT2D eigenvalue weighted by molar-refractivity contribution is 5.94. The lowest BCUT2D eigenvalue weighted by atomic mass is 10.1. The number of hydrogen-bond acceptors (Lipinski definition) is 2. The Morgan fingerprint density at radius 1 is 1.19 bits per heavy atom. The number of pyridine rings is 1. The van der Waals surface area contributed by atoms with Crippen LogP contribution in [-0.4, -0.2) is 21.8 Å². The predicted molar refractivity (Wildman–Crippen MR) is 73.5 cm³/mol. The molecule has 1 aliphatic rings. The van der Waals surface area contributed by atoms with Crippen LogP contribution < -0.4 is 0 Å². The number of hydrogen-bond donors (Lipinski definition) is 0. The van der Waals surface area contributed by atoms with Crippen molar-refractivity contribution in [2.45, 2.75) is 25.4 Å². The first-order valence-electron chi connectivity index (χ1n) is 6.80. The van der Waals surface area contributed by atoms with Gasteiger partial charge in [0.05, 0.1) is 12.1 Å². The SMILES string of the molecule is O=C(c1cccnc1)N(Cc1c(F)cccc1F)C1CC1. The molecule has 0 aliphatic heterocycles. The van der Waals surface area contributed by atoms with E-state index in [-0.39, 0.29) is 24.1 Å². The second kappa shape index (κ2) is 5.60. The van der Waals surface area contributed by atoms with Crippen molar-refractivity contribution in [3.8, 4) is 0 Å². The first-order valence-corrected chi connectivity index (χ1v) is 6.80. The second-order valence-electron chi connectivity index (χ2n) is 5.11. The molecule has 1 fully saturated rings. The van der Waals surface area contributed by atoms with Crippen molar-refractivity contribution in [2.24, 2.45) is 0 Å². The Balaban J connectivity index is 1.88. The van der Waals surface area contributed by atoms with E-state index >= 15 is 0 Å². The minimum atomic E-state index is -0.625. The summed E-state index contributed by atoms with van der Waals surface area (Å²) in [5, 5.41) is 0. The highest BCUT2D eigenvalue weighted by atomic mass is 19.1. The second-order valence-corrected chi connectivity index (χ2v) is 5.11. The molecule has 0 atom stereocenters. The van der Waals surface area contributed by atoms with Crippen LogP contribution in [0.3, 0.4) is 0 Å². The molecule has 1 amide bonds. The van der Waals surface area contributed by atoms with Crippen LogP contribution in [0.15, 0.2) is 42.7 Å². The minimum Gasteiger partial charge on any atom is -0.331 e. The Hall–Kier alpha value is -2.30. The van der Waals surface area contributed by atoms with Crippen LogP contribution in [0.4, 0.5) is 8.78 Å². The zero-order valence-electron chi connectivity index (χ0n) is 11.3. The molecule has 1 saturated carbocycles. The molecule has 0 unspecified atom stereocenters. The highest BCUT2D eigenvalue weighted by Crippen LogP contribution is 2.30. The molecule has 0 spiro atoms. The standard InChI is InChI=1S/C16H14F2N2O/c17-14-4-1-5-15(18)13(14)10-20(12-6-7-12)16(21)11-3-2-8-19-9-11/h1-5,8-9,12H,6-7,10H2. The number of benzene rings is 1. The molecule has 21 heavy (non-hydrogen) atoms. The van der Waals surface area contributed by atoms with Crippen molar-refractivity contribution < 1.29 is 13.6 Å². The first kappa shape index (κ1) is 13.7. The number of nitrogens with zero attached hydrogens (tertiary/aromatic N) is 2. The lowest BCUT2D eigenvalue weighted by molar-refractivity contribution is 0.0726. The molecule has 1 aliphatic carbocycles. The summed E-state index contributed by atoms with van der Waals surface area (Å²) in [6.45, 7) is -0.0586. The fraction of sp³-hybridized carbons (Fsp3) is 0.250. The van der Waals surface area contributed by atoms with Gasteiger partial charge in [-0.25, -0.2) is 8.78 Å². The van der Waals surface area contributed by atoms with E-state index in [4.69, 9.17) is 0 Å². The monoisotopic (exact) mass is 288 g/mol. The van der Waals surface area contributed by atoms with Crippen molar-refractivity contribution in [1.29, 1.82) is 0 Å². The van der Waals surface area contributed by atoms with Crippen LogP contribution in [0.25, 0.3) is 0 Å².